The van der Waals surface area contributed by atoms with Gasteiger partial charge in [0.15, 0.2) is 11.2 Å². The van der Waals surface area contributed by atoms with Crippen molar-refractivity contribution in [3.63, 3.8) is 0 Å². The summed E-state index contributed by atoms with van der Waals surface area (Å²) in [6, 6.07) is 0. The largest absolute Gasteiger partial charge is 0.472 e. The van der Waals surface area contributed by atoms with Gasteiger partial charge in [-0.2, -0.15) is 9.97 Å². The summed E-state index contributed by atoms with van der Waals surface area (Å²) in [5, 5.41) is 20.0. The van der Waals surface area contributed by atoms with Gasteiger partial charge in [0.2, 0.25) is 11.9 Å². The van der Waals surface area contributed by atoms with E-state index in [1.54, 1.807) is 0 Å². The normalized spacial score (nSPS) is 29.1. The van der Waals surface area contributed by atoms with Gasteiger partial charge in [-0.3, -0.25) is 28.0 Å². The van der Waals surface area contributed by atoms with Crippen LogP contribution in [0.3, 0.4) is 0 Å². The van der Waals surface area contributed by atoms with Crippen molar-refractivity contribution in [1.29, 1.82) is 0 Å². The number of nitrogens with two attached hydrogens (primary N) is 2. The van der Waals surface area contributed by atoms with Gasteiger partial charge in [-0.15, -0.1) is 0 Å². The maximum absolute atomic E-state index is 12.7. The van der Waals surface area contributed by atoms with E-state index in [-0.39, 0.29) is 35.9 Å². The molecule has 2 saturated heterocycles. The lowest BCUT2D eigenvalue weighted by Crippen LogP contribution is -2.30. The molecule has 38 heavy (non-hydrogen) atoms. The predicted octanol–water partition coefficient (Wildman–Crippen LogP) is -2.63. The van der Waals surface area contributed by atoms with Crippen LogP contribution in [0.25, 0.3) is 11.2 Å². The molecular formula is C18H24N9O10P. The third-order valence-electron chi connectivity index (χ3n) is 6.05. The average molecular weight is 557 g/mol. The Morgan fingerprint density at radius 2 is 1.82 bits per heavy atom. The number of phosphoric ester groups is 1. The first-order chi connectivity index (χ1) is 18.0. The van der Waals surface area contributed by atoms with E-state index in [1.807, 2.05) is 0 Å². The second-order valence-corrected chi connectivity index (χ2v) is 9.97. The minimum atomic E-state index is -4.75. The minimum Gasteiger partial charge on any atom is -0.394 e. The SMILES string of the molecule is Nc1ncn([C@H]2C[C@H](O)[C@@H](COP(=O)(O)O[C@H]3C[C@H](n4cnc5c(=O)[nH]c(N)nc54)O[C@@H]3CO)O2)c(=O)n1. The second-order valence-electron chi connectivity index (χ2n) is 8.57. The van der Waals surface area contributed by atoms with E-state index in [0.29, 0.717) is 0 Å². The number of aliphatic hydroxyl groups excluding tert-OH is 2. The van der Waals surface area contributed by atoms with Gasteiger partial charge >= 0.3 is 13.5 Å². The molecule has 0 saturated carbocycles. The Labute approximate surface area is 211 Å². The van der Waals surface area contributed by atoms with Crippen LogP contribution in [0.5, 0.6) is 0 Å². The number of hydrogen-bond donors (Lipinski definition) is 6. The smallest absolute Gasteiger partial charge is 0.394 e. The molecule has 1 unspecified atom stereocenters. The predicted molar refractivity (Wildman–Crippen MR) is 124 cm³/mol. The fourth-order valence-corrected chi connectivity index (χ4v) is 5.22. The number of aromatic amines is 1. The zero-order valence-corrected chi connectivity index (χ0v) is 20.3. The van der Waals surface area contributed by atoms with Gasteiger partial charge < -0.3 is 36.0 Å². The number of aromatic nitrogens is 7. The van der Waals surface area contributed by atoms with Gasteiger partial charge in [0.1, 0.15) is 37.1 Å². The molecule has 20 heteroatoms. The summed E-state index contributed by atoms with van der Waals surface area (Å²) in [4.78, 5) is 51.9. The summed E-state index contributed by atoms with van der Waals surface area (Å²) in [5.41, 5.74) is 9.79. The molecule has 7 atom stereocenters. The number of aliphatic hydroxyl groups is 2. The maximum atomic E-state index is 12.7. The van der Waals surface area contributed by atoms with E-state index in [4.69, 9.17) is 30.0 Å². The van der Waals surface area contributed by atoms with Crippen molar-refractivity contribution < 1.29 is 38.2 Å². The standard InChI is InChI=1S/C18H24N9O10P/c19-16-22-6-27(18(31)25-16)11-1-7(29)10(36-11)4-34-38(32,33)37-8-2-12(35-9(8)3-28)26-5-21-13-14(26)23-17(20)24-15(13)30/h5-12,28-29H,1-4H2,(H,32,33)(H2,19,25,31)(H3,20,23,24,30)/t7-,8-,9+,10+,11+,12+/m0/s1. The van der Waals surface area contributed by atoms with Gasteiger partial charge in [0, 0.05) is 12.8 Å². The van der Waals surface area contributed by atoms with Gasteiger partial charge in [-0.25, -0.2) is 19.3 Å². The van der Waals surface area contributed by atoms with Gasteiger partial charge in [0.25, 0.3) is 5.56 Å². The molecule has 0 aromatic carbocycles. The molecule has 8 N–H and O–H groups in total. The van der Waals surface area contributed by atoms with Crippen LogP contribution in [0.15, 0.2) is 22.2 Å². The number of nitrogen functional groups attached to an aromatic ring is 2. The molecule has 206 valence electrons. The van der Waals surface area contributed by atoms with Crippen LogP contribution in [0.2, 0.25) is 0 Å². The van der Waals surface area contributed by atoms with Crippen LogP contribution in [-0.2, 0) is 23.1 Å². The number of ether oxygens (including phenoxy) is 2. The Hall–Kier alpha value is -3.29. The molecule has 0 spiro atoms. The lowest BCUT2D eigenvalue weighted by molar-refractivity contribution is -0.0568. The third kappa shape index (κ3) is 5.18. The summed E-state index contributed by atoms with van der Waals surface area (Å²) >= 11 is 0. The number of hydrogen-bond acceptors (Lipinski definition) is 15. The number of nitrogens with zero attached hydrogens (tertiary/aromatic N) is 6. The number of nitrogens with one attached hydrogen (secondary N) is 1. The second kappa shape index (κ2) is 10.1. The van der Waals surface area contributed by atoms with E-state index < -0.39 is 69.2 Å². The molecule has 3 aromatic heterocycles. The molecule has 19 nitrogen and oxygen atoms in total. The van der Waals surface area contributed by atoms with Crippen molar-refractivity contribution in [3.05, 3.63) is 33.5 Å². The number of rotatable bonds is 8. The van der Waals surface area contributed by atoms with Crippen molar-refractivity contribution >= 4 is 30.9 Å². The fraction of sp³-hybridized carbons (Fsp3) is 0.556. The number of anilines is 2. The Morgan fingerprint density at radius 1 is 1.11 bits per heavy atom. The van der Waals surface area contributed by atoms with Crippen molar-refractivity contribution in [2.75, 3.05) is 24.7 Å². The zero-order valence-electron chi connectivity index (χ0n) is 19.4. The van der Waals surface area contributed by atoms with Crippen LogP contribution in [0.1, 0.15) is 25.3 Å². The third-order valence-corrected chi connectivity index (χ3v) is 7.06. The summed E-state index contributed by atoms with van der Waals surface area (Å²) in [5.74, 6) is -0.369. The first-order valence-corrected chi connectivity index (χ1v) is 12.7. The monoisotopic (exact) mass is 557 g/mol. The molecule has 0 aliphatic carbocycles. The van der Waals surface area contributed by atoms with E-state index in [2.05, 4.69) is 24.9 Å². The molecule has 2 aliphatic rings. The molecule has 5 heterocycles. The Balaban J connectivity index is 1.23. The average Bonchev–Trinajstić information content (AvgIpc) is 3.54. The highest BCUT2D eigenvalue weighted by atomic mass is 31.2. The first-order valence-electron chi connectivity index (χ1n) is 11.2. The topological polar surface area (TPSA) is 278 Å². The van der Waals surface area contributed by atoms with Crippen molar-refractivity contribution in [3.8, 4) is 0 Å². The lowest BCUT2D eigenvalue weighted by atomic mass is 10.2. The number of phosphoric acid groups is 1. The summed E-state index contributed by atoms with van der Waals surface area (Å²) in [7, 11) is -4.75. The maximum Gasteiger partial charge on any atom is 0.472 e. The Kier molecular flexibility index (Phi) is 7.01. The molecule has 0 radical (unpaired) electrons. The number of fused-ring (bicyclic) bond motifs is 1. The highest BCUT2D eigenvalue weighted by Crippen LogP contribution is 2.49. The molecular weight excluding hydrogens is 533 g/mol. The van der Waals surface area contributed by atoms with E-state index in [9.17, 15) is 29.3 Å². The summed E-state index contributed by atoms with van der Waals surface area (Å²) in [6.45, 7) is -1.12. The number of H-pyrrole nitrogens is 1. The van der Waals surface area contributed by atoms with Crippen LogP contribution in [-0.4, -0.2) is 86.8 Å². The highest BCUT2D eigenvalue weighted by molar-refractivity contribution is 7.47. The van der Waals surface area contributed by atoms with Crippen molar-refractivity contribution in [1.82, 2.24) is 34.1 Å². The van der Waals surface area contributed by atoms with E-state index >= 15 is 0 Å². The first kappa shape index (κ1) is 26.3. The molecule has 2 fully saturated rings. The Morgan fingerprint density at radius 3 is 2.55 bits per heavy atom. The quantitative estimate of drug-likeness (QED) is 0.154. The molecule has 5 rings (SSSR count). The van der Waals surface area contributed by atoms with Crippen LogP contribution in [0.4, 0.5) is 11.9 Å². The van der Waals surface area contributed by atoms with Gasteiger partial charge in [-0.05, 0) is 0 Å². The minimum absolute atomic E-state index is 0.00472. The van der Waals surface area contributed by atoms with E-state index in [1.165, 1.54) is 10.9 Å². The highest BCUT2D eigenvalue weighted by Gasteiger charge is 2.43. The van der Waals surface area contributed by atoms with Crippen LogP contribution < -0.4 is 22.7 Å². The van der Waals surface area contributed by atoms with Crippen molar-refractivity contribution in [2.24, 2.45) is 0 Å². The Bertz CT molecular complexity index is 1490. The van der Waals surface area contributed by atoms with Crippen molar-refractivity contribution in [2.45, 2.75) is 49.7 Å². The fourth-order valence-electron chi connectivity index (χ4n) is 4.26. The summed E-state index contributed by atoms with van der Waals surface area (Å²) in [6.07, 6.45) is -3.86. The molecule has 3 aromatic rings. The molecule has 0 amide bonds. The zero-order chi connectivity index (χ0) is 27.2. The van der Waals surface area contributed by atoms with Gasteiger partial charge in [-0.1, -0.05) is 0 Å². The van der Waals surface area contributed by atoms with E-state index in [0.717, 1.165) is 10.9 Å². The molecule has 2 aliphatic heterocycles. The summed E-state index contributed by atoms with van der Waals surface area (Å²) < 4.78 is 36.7. The van der Waals surface area contributed by atoms with Crippen LogP contribution >= 0.6 is 7.82 Å². The molecule has 0 bridgehead atoms. The van der Waals surface area contributed by atoms with Crippen LogP contribution in [0, 0.1) is 0 Å². The number of imidazole rings is 1. The lowest BCUT2D eigenvalue weighted by Gasteiger charge is -2.21. The van der Waals surface area contributed by atoms with Gasteiger partial charge in [0.05, 0.1) is 25.6 Å².